The van der Waals surface area contributed by atoms with Gasteiger partial charge in [-0.2, -0.15) is 0 Å². The van der Waals surface area contributed by atoms with Gasteiger partial charge in [0, 0.05) is 11.0 Å². The Labute approximate surface area is 100 Å². The Morgan fingerprint density at radius 2 is 2.33 bits per heavy atom. The third-order valence-electron chi connectivity index (χ3n) is 3.23. The van der Waals surface area contributed by atoms with Crippen LogP contribution < -0.4 is 5.32 Å². The second-order valence-corrected chi connectivity index (χ2v) is 5.16. The molecule has 1 atom stereocenters. The van der Waals surface area contributed by atoms with E-state index in [0.717, 1.165) is 13.0 Å². The van der Waals surface area contributed by atoms with Crippen molar-refractivity contribution in [3.05, 3.63) is 33.8 Å². The summed E-state index contributed by atoms with van der Waals surface area (Å²) in [5.74, 6) is 0.714. The van der Waals surface area contributed by atoms with Crippen LogP contribution >= 0.6 is 15.9 Å². The number of rotatable bonds is 2. The van der Waals surface area contributed by atoms with E-state index in [1.54, 1.807) is 5.56 Å². The van der Waals surface area contributed by atoms with Gasteiger partial charge < -0.3 is 5.32 Å². The zero-order valence-electron chi connectivity index (χ0n) is 9.22. The Balaban J connectivity index is 2.27. The van der Waals surface area contributed by atoms with E-state index in [4.69, 9.17) is 0 Å². The number of hydrogen-bond donors (Lipinski definition) is 1. The molecule has 2 rings (SSSR count). The summed E-state index contributed by atoms with van der Waals surface area (Å²) in [5, 5.41) is 3.49. The second kappa shape index (κ2) is 5.13. The molecule has 1 nitrogen and oxygen atoms in total. The van der Waals surface area contributed by atoms with Gasteiger partial charge in [-0.05, 0) is 55.0 Å². The Morgan fingerprint density at radius 1 is 1.47 bits per heavy atom. The maximum Gasteiger partial charge on any atom is 0.0178 e. The van der Waals surface area contributed by atoms with Crippen molar-refractivity contribution < 1.29 is 0 Å². The molecule has 0 aliphatic carbocycles. The minimum Gasteiger partial charge on any atom is -0.316 e. The van der Waals surface area contributed by atoms with E-state index in [2.05, 4.69) is 46.4 Å². The van der Waals surface area contributed by atoms with Crippen molar-refractivity contribution in [2.24, 2.45) is 0 Å². The van der Waals surface area contributed by atoms with E-state index in [0.29, 0.717) is 5.92 Å². The van der Waals surface area contributed by atoms with Gasteiger partial charge in [-0.25, -0.2) is 0 Å². The summed E-state index contributed by atoms with van der Waals surface area (Å²) < 4.78 is 1.21. The second-order valence-electron chi connectivity index (χ2n) is 4.24. The highest BCUT2D eigenvalue weighted by molar-refractivity contribution is 9.10. The van der Waals surface area contributed by atoms with Gasteiger partial charge in [-0.15, -0.1) is 0 Å². The summed E-state index contributed by atoms with van der Waals surface area (Å²) in [5.41, 5.74) is 3.05. The molecule has 1 N–H and O–H groups in total. The Kier molecular flexibility index (Phi) is 3.81. The molecule has 0 saturated carbocycles. The number of piperidine rings is 1. The lowest BCUT2D eigenvalue weighted by Crippen LogP contribution is -2.28. The van der Waals surface area contributed by atoms with Crippen molar-refractivity contribution in [1.82, 2.24) is 5.32 Å². The van der Waals surface area contributed by atoms with E-state index in [1.165, 1.54) is 29.4 Å². The first kappa shape index (κ1) is 11.2. The molecule has 0 aromatic heterocycles. The van der Waals surface area contributed by atoms with Gasteiger partial charge in [-0.1, -0.05) is 28.9 Å². The van der Waals surface area contributed by atoms with Gasteiger partial charge in [0.05, 0.1) is 0 Å². The van der Waals surface area contributed by atoms with Crippen molar-refractivity contribution >= 4 is 15.9 Å². The molecular weight excluding hydrogens is 250 g/mol. The molecule has 1 unspecified atom stereocenters. The average molecular weight is 268 g/mol. The quantitative estimate of drug-likeness (QED) is 0.865. The Morgan fingerprint density at radius 3 is 3.00 bits per heavy atom. The fourth-order valence-electron chi connectivity index (χ4n) is 2.39. The minimum atomic E-state index is 0.714. The van der Waals surface area contributed by atoms with Crippen LogP contribution in [0.3, 0.4) is 0 Å². The smallest absolute Gasteiger partial charge is 0.0178 e. The predicted octanol–water partition coefficient (Wildman–Crippen LogP) is 3.48. The number of halogens is 1. The topological polar surface area (TPSA) is 12.0 Å². The highest BCUT2D eigenvalue weighted by atomic mass is 79.9. The zero-order valence-corrected chi connectivity index (χ0v) is 10.8. The van der Waals surface area contributed by atoms with Crippen LogP contribution in [-0.4, -0.2) is 13.1 Å². The lowest BCUT2D eigenvalue weighted by atomic mass is 9.88. The van der Waals surface area contributed by atoms with E-state index >= 15 is 0 Å². The normalized spacial score (nSPS) is 21.6. The molecule has 1 aliphatic rings. The minimum absolute atomic E-state index is 0.714. The van der Waals surface area contributed by atoms with Crippen LogP contribution in [0.1, 0.15) is 36.8 Å². The van der Waals surface area contributed by atoms with Crippen LogP contribution in [0.2, 0.25) is 0 Å². The van der Waals surface area contributed by atoms with Gasteiger partial charge in [0.25, 0.3) is 0 Å². The molecule has 1 saturated heterocycles. The Bertz CT molecular complexity index is 329. The summed E-state index contributed by atoms with van der Waals surface area (Å²) in [4.78, 5) is 0. The summed E-state index contributed by atoms with van der Waals surface area (Å²) >= 11 is 3.57. The van der Waals surface area contributed by atoms with E-state index in [1.807, 2.05) is 0 Å². The summed E-state index contributed by atoms with van der Waals surface area (Å²) in [7, 11) is 0. The Hall–Kier alpha value is -0.340. The monoisotopic (exact) mass is 267 g/mol. The maximum atomic E-state index is 3.57. The molecular formula is C13H18BrN. The first-order valence-corrected chi connectivity index (χ1v) is 6.59. The van der Waals surface area contributed by atoms with E-state index in [-0.39, 0.29) is 0 Å². The lowest BCUT2D eigenvalue weighted by molar-refractivity contribution is 0.459. The molecule has 1 fully saturated rings. The van der Waals surface area contributed by atoms with Gasteiger partial charge >= 0.3 is 0 Å². The lowest BCUT2D eigenvalue weighted by Gasteiger charge is -2.25. The predicted molar refractivity (Wildman–Crippen MR) is 68.4 cm³/mol. The third-order valence-corrected chi connectivity index (χ3v) is 3.72. The molecule has 1 aromatic rings. The van der Waals surface area contributed by atoms with Crippen LogP contribution in [0.4, 0.5) is 0 Å². The molecule has 15 heavy (non-hydrogen) atoms. The van der Waals surface area contributed by atoms with Gasteiger partial charge in [0.1, 0.15) is 0 Å². The number of nitrogens with one attached hydrogen (secondary N) is 1. The summed E-state index contributed by atoms with van der Waals surface area (Å²) in [6, 6.07) is 6.71. The molecule has 2 heteroatoms. The SMILES string of the molecule is CCc1ccc(Br)cc1C1CCCNC1. The third kappa shape index (κ3) is 2.61. The highest BCUT2D eigenvalue weighted by Gasteiger charge is 2.17. The van der Waals surface area contributed by atoms with E-state index < -0.39 is 0 Å². The first-order chi connectivity index (χ1) is 7.31. The van der Waals surface area contributed by atoms with Crippen molar-refractivity contribution in [2.75, 3.05) is 13.1 Å². The summed E-state index contributed by atoms with van der Waals surface area (Å²) in [6.07, 6.45) is 3.77. The number of hydrogen-bond acceptors (Lipinski definition) is 1. The van der Waals surface area contributed by atoms with Gasteiger partial charge in [-0.3, -0.25) is 0 Å². The first-order valence-electron chi connectivity index (χ1n) is 5.80. The summed E-state index contributed by atoms with van der Waals surface area (Å²) in [6.45, 7) is 4.57. The molecule has 0 spiro atoms. The van der Waals surface area contributed by atoms with Crippen molar-refractivity contribution in [3.8, 4) is 0 Å². The van der Waals surface area contributed by atoms with Crippen LogP contribution in [0.5, 0.6) is 0 Å². The average Bonchev–Trinajstić information content (AvgIpc) is 2.30. The molecule has 0 bridgehead atoms. The van der Waals surface area contributed by atoms with Crippen molar-refractivity contribution in [1.29, 1.82) is 0 Å². The molecule has 1 heterocycles. The van der Waals surface area contributed by atoms with Crippen molar-refractivity contribution in [2.45, 2.75) is 32.1 Å². The molecule has 0 radical (unpaired) electrons. The van der Waals surface area contributed by atoms with Gasteiger partial charge in [0.2, 0.25) is 0 Å². The van der Waals surface area contributed by atoms with Crippen molar-refractivity contribution in [3.63, 3.8) is 0 Å². The maximum absolute atomic E-state index is 3.57. The van der Waals surface area contributed by atoms with E-state index in [9.17, 15) is 0 Å². The molecule has 1 aromatic carbocycles. The highest BCUT2D eigenvalue weighted by Crippen LogP contribution is 2.29. The standard InChI is InChI=1S/C13H18BrN/c1-2-10-5-6-12(14)8-13(10)11-4-3-7-15-9-11/h5-6,8,11,15H,2-4,7,9H2,1H3. The van der Waals surface area contributed by atoms with Crippen LogP contribution in [0.25, 0.3) is 0 Å². The van der Waals surface area contributed by atoms with Crippen LogP contribution in [0, 0.1) is 0 Å². The molecule has 0 amide bonds. The number of benzene rings is 1. The zero-order chi connectivity index (χ0) is 10.7. The van der Waals surface area contributed by atoms with Crippen LogP contribution in [-0.2, 0) is 6.42 Å². The molecule has 82 valence electrons. The largest absolute Gasteiger partial charge is 0.316 e. The fourth-order valence-corrected chi connectivity index (χ4v) is 2.76. The number of aryl methyl sites for hydroxylation is 1. The fraction of sp³-hybridized carbons (Fsp3) is 0.538. The van der Waals surface area contributed by atoms with Gasteiger partial charge in [0.15, 0.2) is 0 Å². The molecule has 1 aliphatic heterocycles. The van der Waals surface area contributed by atoms with Crippen LogP contribution in [0.15, 0.2) is 22.7 Å².